The lowest BCUT2D eigenvalue weighted by atomic mass is 9.92. The highest BCUT2D eigenvalue weighted by atomic mass is 32.2. The third-order valence-corrected chi connectivity index (χ3v) is 3.50. The summed E-state index contributed by atoms with van der Waals surface area (Å²) in [5, 5.41) is 9.94. The zero-order valence-corrected chi connectivity index (χ0v) is 8.82. The standard InChI is InChI=1S/C11H14OS/c1-11(2,12)9-4-3-5-10-8(9)6-7-13-10/h3-5,12H,6-7H2,1-2H3. The van der Waals surface area contributed by atoms with Crippen molar-refractivity contribution in [2.45, 2.75) is 30.8 Å². The summed E-state index contributed by atoms with van der Waals surface area (Å²) in [4.78, 5) is 1.35. The molecule has 0 radical (unpaired) electrons. The Bertz CT molecular complexity index is 325. The molecule has 0 spiro atoms. The molecule has 1 aromatic rings. The van der Waals surface area contributed by atoms with Crippen molar-refractivity contribution < 1.29 is 5.11 Å². The van der Waals surface area contributed by atoms with E-state index in [0.717, 1.165) is 17.7 Å². The highest BCUT2D eigenvalue weighted by Crippen LogP contribution is 2.37. The molecular weight excluding hydrogens is 180 g/mol. The van der Waals surface area contributed by atoms with Crippen LogP contribution in [0.25, 0.3) is 0 Å². The van der Waals surface area contributed by atoms with Crippen LogP contribution in [-0.4, -0.2) is 10.9 Å². The summed E-state index contributed by atoms with van der Waals surface area (Å²) in [7, 11) is 0. The van der Waals surface area contributed by atoms with Gasteiger partial charge in [-0.2, -0.15) is 0 Å². The van der Waals surface area contributed by atoms with E-state index in [0.29, 0.717) is 0 Å². The van der Waals surface area contributed by atoms with Gasteiger partial charge < -0.3 is 5.11 Å². The van der Waals surface area contributed by atoms with Gasteiger partial charge in [0.2, 0.25) is 0 Å². The topological polar surface area (TPSA) is 20.2 Å². The quantitative estimate of drug-likeness (QED) is 0.741. The Morgan fingerprint density at radius 3 is 2.85 bits per heavy atom. The average Bonchev–Trinajstić information content (AvgIpc) is 2.48. The molecule has 0 saturated heterocycles. The van der Waals surface area contributed by atoms with E-state index in [2.05, 4.69) is 6.07 Å². The Balaban J connectivity index is 2.54. The van der Waals surface area contributed by atoms with Crippen molar-refractivity contribution in [1.29, 1.82) is 0 Å². The molecule has 0 fully saturated rings. The first-order chi connectivity index (χ1) is 6.09. The average molecular weight is 194 g/mol. The zero-order valence-electron chi connectivity index (χ0n) is 8.00. The Morgan fingerprint density at radius 2 is 2.15 bits per heavy atom. The van der Waals surface area contributed by atoms with Gasteiger partial charge in [0.05, 0.1) is 5.60 Å². The zero-order chi connectivity index (χ0) is 9.47. The highest BCUT2D eigenvalue weighted by molar-refractivity contribution is 7.99. The minimum absolute atomic E-state index is 0.698. The van der Waals surface area contributed by atoms with Gasteiger partial charge in [0.15, 0.2) is 0 Å². The van der Waals surface area contributed by atoms with E-state index < -0.39 is 5.60 Å². The first-order valence-corrected chi connectivity index (χ1v) is 5.55. The Labute approximate surface area is 83.2 Å². The fourth-order valence-corrected chi connectivity index (χ4v) is 2.88. The highest BCUT2D eigenvalue weighted by Gasteiger charge is 2.23. The van der Waals surface area contributed by atoms with Crippen LogP contribution in [0.4, 0.5) is 0 Å². The van der Waals surface area contributed by atoms with E-state index in [4.69, 9.17) is 0 Å². The Morgan fingerprint density at radius 1 is 1.38 bits per heavy atom. The summed E-state index contributed by atoms with van der Waals surface area (Å²) >= 11 is 1.89. The van der Waals surface area contributed by atoms with Crippen LogP contribution in [0, 0.1) is 0 Å². The van der Waals surface area contributed by atoms with Gasteiger partial charge in [-0.3, -0.25) is 0 Å². The van der Waals surface area contributed by atoms with E-state index in [1.54, 1.807) is 0 Å². The maximum absolute atomic E-state index is 9.94. The van der Waals surface area contributed by atoms with Gasteiger partial charge in [-0.1, -0.05) is 12.1 Å². The van der Waals surface area contributed by atoms with Crippen LogP contribution in [-0.2, 0) is 12.0 Å². The first kappa shape index (κ1) is 9.10. The molecule has 0 aliphatic carbocycles. The van der Waals surface area contributed by atoms with Crippen molar-refractivity contribution in [3.8, 4) is 0 Å². The van der Waals surface area contributed by atoms with Gasteiger partial charge in [0.1, 0.15) is 0 Å². The molecule has 0 bridgehead atoms. The number of hydrogen-bond donors (Lipinski definition) is 1. The van der Waals surface area contributed by atoms with E-state index in [1.807, 2.05) is 37.7 Å². The third kappa shape index (κ3) is 1.61. The predicted molar refractivity (Wildman–Crippen MR) is 56.1 cm³/mol. The lowest BCUT2D eigenvalue weighted by Gasteiger charge is -2.20. The largest absolute Gasteiger partial charge is 0.386 e. The molecule has 0 amide bonds. The van der Waals surface area contributed by atoms with Crippen molar-refractivity contribution in [2.24, 2.45) is 0 Å². The Kier molecular flexibility index (Phi) is 2.12. The van der Waals surface area contributed by atoms with Crippen LogP contribution in [0.1, 0.15) is 25.0 Å². The lowest BCUT2D eigenvalue weighted by Crippen LogP contribution is -2.17. The number of hydrogen-bond acceptors (Lipinski definition) is 2. The maximum Gasteiger partial charge on any atom is 0.0843 e. The molecule has 1 N–H and O–H groups in total. The fourth-order valence-electron chi connectivity index (χ4n) is 1.79. The van der Waals surface area contributed by atoms with Crippen molar-refractivity contribution >= 4 is 11.8 Å². The maximum atomic E-state index is 9.94. The number of aliphatic hydroxyl groups is 1. The first-order valence-electron chi connectivity index (χ1n) is 4.56. The van der Waals surface area contributed by atoms with E-state index in [9.17, 15) is 5.11 Å². The summed E-state index contributed by atoms with van der Waals surface area (Å²) < 4.78 is 0. The van der Waals surface area contributed by atoms with Crippen LogP contribution in [0.3, 0.4) is 0 Å². The molecule has 1 aliphatic heterocycles. The van der Waals surface area contributed by atoms with Gasteiger partial charge in [-0.15, -0.1) is 11.8 Å². The number of benzene rings is 1. The molecule has 70 valence electrons. The molecule has 0 saturated carbocycles. The molecule has 2 heteroatoms. The predicted octanol–water partition coefficient (Wildman–Crippen LogP) is 2.56. The molecule has 13 heavy (non-hydrogen) atoms. The smallest absolute Gasteiger partial charge is 0.0843 e. The van der Waals surface area contributed by atoms with Gasteiger partial charge in [0, 0.05) is 10.6 Å². The molecule has 1 nitrogen and oxygen atoms in total. The minimum Gasteiger partial charge on any atom is -0.386 e. The Hall–Kier alpha value is -0.470. The van der Waals surface area contributed by atoms with Crippen molar-refractivity contribution in [2.75, 3.05) is 5.75 Å². The SMILES string of the molecule is CC(C)(O)c1cccc2c1CCS2. The molecular formula is C11H14OS. The molecule has 1 aromatic carbocycles. The number of thioether (sulfide) groups is 1. The number of fused-ring (bicyclic) bond motifs is 1. The van der Waals surface area contributed by atoms with Crippen LogP contribution >= 0.6 is 11.8 Å². The second-order valence-corrected chi connectivity index (χ2v) is 5.08. The lowest BCUT2D eigenvalue weighted by molar-refractivity contribution is 0.0775. The van der Waals surface area contributed by atoms with Gasteiger partial charge in [-0.25, -0.2) is 0 Å². The summed E-state index contributed by atoms with van der Waals surface area (Å²) in [6.45, 7) is 3.71. The van der Waals surface area contributed by atoms with Crippen LogP contribution in [0.15, 0.2) is 23.1 Å². The number of rotatable bonds is 1. The van der Waals surface area contributed by atoms with Crippen LogP contribution in [0.5, 0.6) is 0 Å². The molecule has 0 aromatic heterocycles. The van der Waals surface area contributed by atoms with Crippen molar-refractivity contribution in [3.05, 3.63) is 29.3 Å². The van der Waals surface area contributed by atoms with Gasteiger partial charge in [0.25, 0.3) is 0 Å². The van der Waals surface area contributed by atoms with Crippen molar-refractivity contribution in [3.63, 3.8) is 0 Å². The molecule has 1 heterocycles. The summed E-state index contributed by atoms with van der Waals surface area (Å²) in [5.74, 6) is 1.16. The molecule has 2 rings (SSSR count). The normalized spacial score (nSPS) is 15.9. The third-order valence-electron chi connectivity index (χ3n) is 2.40. The second kappa shape index (κ2) is 3.03. The summed E-state index contributed by atoms with van der Waals surface area (Å²) in [6.07, 6.45) is 1.10. The fraction of sp³-hybridized carbons (Fsp3) is 0.455. The summed E-state index contributed by atoms with van der Waals surface area (Å²) in [6, 6.07) is 6.21. The summed E-state index contributed by atoms with van der Waals surface area (Å²) in [5.41, 5.74) is 1.74. The molecule has 1 aliphatic rings. The van der Waals surface area contributed by atoms with Crippen LogP contribution in [0.2, 0.25) is 0 Å². The van der Waals surface area contributed by atoms with Crippen LogP contribution < -0.4 is 0 Å². The van der Waals surface area contributed by atoms with Gasteiger partial charge in [-0.05, 0) is 37.5 Å². The molecule has 0 unspecified atom stereocenters. The van der Waals surface area contributed by atoms with E-state index in [1.165, 1.54) is 10.5 Å². The van der Waals surface area contributed by atoms with E-state index >= 15 is 0 Å². The monoisotopic (exact) mass is 194 g/mol. The molecule has 0 atom stereocenters. The van der Waals surface area contributed by atoms with Gasteiger partial charge >= 0.3 is 0 Å². The minimum atomic E-state index is -0.698. The van der Waals surface area contributed by atoms with E-state index in [-0.39, 0.29) is 0 Å². The second-order valence-electron chi connectivity index (χ2n) is 3.94. The van der Waals surface area contributed by atoms with Crippen molar-refractivity contribution in [1.82, 2.24) is 0 Å².